The van der Waals surface area contributed by atoms with Crippen LogP contribution < -0.4 is 9.46 Å². The summed E-state index contributed by atoms with van der Waals surface area (Å²) in [6.45, 7) is 3.63. The lowest BCUT2D eigenvalue weighted by Gasteiger charge is -2.15. The van der Waals surface area contributed by atoms with E-state index in [9.17, 15) is 13.2 Å². The Morgan fingerprint density at radius 3 is 2.66 bits per heavy atom. The Morgan fingerprint density at radius 2 is 2.03 bits per heavy atom. The second kappa shape index (κ2) is 8.91. The lowest BCUT2D eigenvalue weighted by atomic mass is 10.2. The molecule has 1 fully saturated rings. The molecule has 1 aromatic carbocycles. The molecular formula is C19H25N3O6S. The van der Waals surface area contributed by atoms with E-state index in [1.165, 1.54) is 25.3 Å². The summed E-state index contributed by atoms with van der Waals surface area (Å²) in [5, 5.41) is 3.80. The zero-order valence-electron chi connectivity index (χ0n) is 16.7. The Balaban J connectivity index is 1.75. The third-order valence-corrected chi connectivity index (χ3v) is 6.23. The van der Waals surface area contributed by atoms with Gasteiger partial charge in [-0.2, -0.15) is 4.98 Å². The molecule has 158 valence electrons. The predicted octanol–water partition coefficient (Wildman–Crippen LogP) is 2.78. The highest BCUT2D eigenvalue weighted by Crippen LogP contribution is 2.27. The van der Waals surface area contributed by atoms with Crippen molar-refractivity contribution >= 4 is 16.0 Å². The summed E-state index contributed by atoms with van der Waals surface area (Å²) >= 11 is 0. The van der Waals surface area contributed by atoms with E-state index in [0.717, 1.165) is 25.7 Å². The minimum absolute atomic E-state index is 0.0844. The van der Waals surface area contributed by atoms with Crippen molar-refractivity contribution in [1.82, 2.24) is 14.9 Å². The molecule has 29 heavy (non-hydrogen) atoms. The predicted molar refractivity (Wildman–Crippen MR) is 103 cm³/mol. The standard InChI is InChI=1S/C19H25N3O6S/c1-12(2)18-20-17(28-21-18)11-27-19(23)13-8-9-15(26-3)16(10-13)29(24,25)22-14-6-4-5-7-14/h8-10,12,14,22H,4-7,11H2,1-3H3. The smallest absolute Gasteiger partial charge is 0.338 e. The van der Waals surface area contributed by atoms with Crippen LogP contribution in [0, 0.1) is 0 Å². The Bertz CT molecular complexity index is 964. The lowest BCUT2D eigenvalue weighted by molar-refractivity contribution is 0.0429. The number of esters is 1. The maximum absolute atomic E-state index is 12.8. The van der Waals surface area contributed by atoms with Gasteiger partial charge in [0.1, 0.15) is 10.6 Å². The van der Waals surface area contributed by atoms with Gasteiger partial charge in [-0.1, -0.05) is 31.8 Å². The Morgan fingerprint density at radius 1 is 1.31 bits per heavy atom. The SMILES string of the molecule is COc1ccc(C(=O)OCc2nc(C(C)C)no2)cc1S(=O)(=O)NC1CCCC1. The summed E-state index contributed by atoms with van der Waals surface area (Å²) in [5.74, 6) is 0.239. The first-order chi connectivity index (χ1) is 13.8. The van der Waals surface area contributed by atoms with Gasteiger partial charge >= 0.3 is 5.97 Å². The number of methoxy groups -OCH3 is 1. The van der Waals surface area contributed by atoms with Gasteiger partial charge in [-0.25, -0.2) is 17.9 Å². The second-order valence-electron chi connectivity index (χ2n) is 7.25. The Hall–Kier alpha value is -2.46. The van der Waals surface area contributed by atoms with Crippen LogP contribution in [0.15, 0.2) is 27.6 Å². The number of nitrogens with one attached hydrogen (secondary N) is 1. The average Bonchev–Trinajstić information content (AvgIpc) is 3.37. The lowest BCUT2D eigenvalue weighted by Crippen LogP contribution is -2.33. The molecule has 1 heterocycles. The molecule has 0 saturated heterocycles. The van der Waals surface area contributed by atoms with E-state index < -0.39 is 16.0 Å². The molecule has 1 aromatic heterocycles. The van der Waals surface area contributed by atoms with Crippen molar-refractivity contribution in [3.8, 4) is 5.75 Å². The van der Waals surface area contributed by atoms with Crippen LogP contribution in [-0.4, -0.2) is 37.7 Å². The van der Waals surface area contributed by atoms with Crippen molar-refractivity contribution in [1.29, 1.82) is 0 Å². The number of carbonyl (C=O) groups excluding carboxylic acids is 1. The van der Waals surface area contributed by atoms with Crippen molar-refractivity contribution in [2.45, 2.75) is 63.0 Å². The van der Waals surface area contributed by atoms with Crippen LogP contribution in [0.3, 0.4) is 0 Å². The first-order valence-electron chi connectivity index (χ1n) is 9.50. The molecular weight excluding hydrogens is 398 g/mol. The fraction of sp³-hybridized carbons (Fsp3) is 0.526. The average molecular weight is 423 g/mol. The van der Waals surface area contributed by atoms with E-state index in [1.54, 1.807) is 0 Å². The molecule has 0 amide bonds. The largest absolute Gasteiger partial charge is 0.495 e. The quantitative estimate of drug-likeness (QED) is 0.644. The van der Waals surface area contributed by atoms with Crippen LogP contribution in [0.5, 0.6) is 5.75 Å². The van der Waals surface area contributed by atoms with Crippen LogP contribution in [0.2, 0.25) is 0 Å². The van der Waals surface area contributed by atoms with Gasteiger partial charge in [0, 0.05) is 12.0 Å². The second-order valence-corrected chi connectivity index (χ2v) is 8.93. The molecule has 0 atom stereocenters. The number of sulfonamides is 1. The molecule has 1 N–H and O–H groups in total. The molecule has 1 aliphatic carbocycles. The number of carbonyl (C=O) groups is 1. The fourth-order valence-corrected chi connectivity index (χ4v) is 4.61. The third-order valence-electron chi connectivity index (χ3n) is 4.69. The summed E-state index contributed by atoms with van der Waals surface area (Å²) in [6.07, 6.45) is 3.58. The van der Waals surface area contributed by atoms with Crippen molar-refractivity contribution in [2.75, 3.05) is 7.11 Å². The maximum Gasteiger partial charge on any atom is 0.338 e. The van der Waals surface area contributed by atoms with Crippen molar-refractivity contribution in [2.24, 2.45) is 0 Å². The number of hydrogen-bond donors (Lipinski definition) is 1. The zero-order valence-corrected chi connectivity index (χ0v) is 17.5. The van der Waals surface area contributed by atoms with Crippen molar-refractivity contribution in [3.63, 3.8) is 0 Å². The highest BCUT2D eigenvalue weighted by molar-refractivity contribution is 7.89. The molecule has 1 saturated carbocycles. The first-order valence-corrected chi connectivity index (χ1v) is 11.0. The van der Waals surface area contributed by atoms with Gasteiger partial charge in [-0.3, -0.25) is 0 Å². The number of nitrogens with zero attached hydrogens (tertiary/aromatic N) is 2. The monoisotopic (exact) mass is 423 g/mol. The highest BCUT2D eigenvalue weighted by Gasteiger charge is 2.27. The molecule has 0 aliphatic heterocycles. The summed E-state index contributed by atoms with van der Waals surface area (Å²) < 4.78 is 43.7. The Kier molecular flexibility index (Phi) is 6.53. The topological polar surface area (TPSA) is 121 Å². The van der Waals surface area contributed by atoms with Crippen LogP contribution in [-0.2, 0) is 21.4 Å². The van der Waals surface area contributed by atoms with Crippen molar-refractivity contribution in [3.05, 3.63) is 35.5 Å². The molecule has 9 nitrogen and oxygen atoms in total. The van der Waals surface area contributed by atoms with Gasteiger partial charge in [0.2, 0.25) is 10.0 Å². The number of ether oxygens (including phenoxy) is 2. The number of benzene rings is 1. The normalized spacial score (nSPS) is 15.0. The molecule has 0 unspecified atom stereocenters. The van der Waals surface area contributed by atoms with Crippen LogP contribution in [0.1, 0.15) is 67.5 Å². The van der Waals surface area contributed by atoms with Crippen LogP contribution in [0.4, 0.5) is 0 Å². The molecule has 2 aromatic rings. The minimum atomic E-state index is -3.84. The minimum Gasteiger partial charge on any atom is -0.495 e. The third kappa shape index (κ3) is 5.13. The van der Waals surface area contributed by atoms with Gasteiger partial charge in [-0.05, 0) is 31.0 Å². The maximum atomic E-state index is 12.8. The van der Waals surface area contributed by atoms with Crippen LogP contribution >= 0.6 is 0 Å². The summed E-state index contributed by atoms with van der Waals surface area (Å²) in [6, 6.07) is 4.03. The van der Waals surface area contributed by atoms with E-state index in [4.69, 9.17) is 14.0 Å². The van der Waals surface area contributed by atoms with Gasteiger partial charge in [0.05, 0.1) is 12.7 Å². The summed E-state index contributed by atoms with van der Waals surface area (Å²) in [5.41, 5.74) is 0.0844. The fourth-order valence-electron chi connectivity index (χ4n) is 3.11. The number of aromatic nitrogens is 2. The first kappa shape index (κ1) is 21.3. The van der Waals surface area contributed by atoms with E-state index >= 15 is 0 Å². The van der Waals surface area contributed by atoms with Gasteiger partial charge in [-0.15, -0.1) is 0 Å². The zero-order chi connectivity index (χ0) is 21.0. The number of hydrogen-bond acceptors (Lipinski definition) is 8. The molecule has 3 rings (SSSR count). The molecule has 0 bridgehead atoms. The van der Waals surface area contributed by atoms with Gasteiger partial charge in [0.15, 0.2) is 12.4 Å². The van der Waals surface area contributed by atoms with Crippen LogP contribution in [0.25, 0.3) is 0 Å². The Labute approximate surface area is 169 Å². The molecule has 0 spiro atoms. The summed E-state index contributed by atoms with van der Waals surface area (Å²) in [4.78, 5) is 16.5. The van der Waals surface area contributed by atoms with E-state index in [2.05, 4.69) is 14.9 Å². The van der Waals surface area contributed by atoms with E-state index in [-0.39, 0.29) is 40.7 Å². The van der Waals surface area contributed by atoms with E-state index in [1.807, 2.05) is 13.8 Å². The number of rotatable bonds is 8. The highest BCUT2D eigenvalue weighted by atomic mass is 32.2. The van der Waals surface area contributed by atoms with Gasteiger partial charge < -0.3 is 14.0 Å². The van der Waals surface area contributed by atoms with Gasteiger partial charge in [0.25, 0.3) is 5.89 Å². The molecule has 10 heteroatoms. The van der Waals surface area contributed by atoms with E-state index in [0.29, 0.717) is 5.82 Å². The molecule has 0 radical (unpaired) electrons. The molecule has 1 aliphatic rings. The summed E-state index contributed by atoms with van der Waals surface area (Å²) in [7, 11) is -2.46. The van der Waals surface area contributed by atoms with Crippen molar-refractivity contribution < 1.29 is 27.2 Å².